The van der Waals surface area contributed by atoms with Gasteiger partial charge in [0.2, 0.25) is 5.91 Å². The molecule has 0 radical (unpaired) electrons. The molecule has 2 amide bonds. The van der Waals surface area contributed by atoms with E-state index in [1.807, 2.05) is 66.2 Å². The van der Waals surface area contributed by atoms with Crippen LogP contribution in [0, 0.1) is 0 Å². The quantitative estimate of drug-likeness (QED) is 0.797. The summed E-state index contributed by atoms with van der Waals surface area (Å²) in [6.45, 7) is 0.764. The van der Waals surface area contributed by atoms with Crippen LogP contribution in [0.5, 0.6) is 0 Å². The number of nitrogens with zero attached hydrogens (tertiary/aromatic N) is 2. The molecule has 126 valence electrons. The van der Waals surface area contributed by atoms with Crippen LogP contribution in [0.25, 0.3) is 10.9 Å². The Morgan fingerprint density at radius 1 is 1.08 bits per heavy atom. The summed E-state index contributed by atoms with van der Waals surface area (Å²) < 4.78 is 1.89. The lowest BCUT2D eigenvalue weighted by atomic mass is 10.2. The zero-order valence-corrected chi connectivity index (χ0v) is 14.0. The van der Waals surface area contributed by atoms with Crippen molar-refractivity contribution >= 4 is 34.1 Å². The summed E-state index contributed by atoms with van der Waals surface area (Å²) in [5.41, 5.74) is 3.23. The van der Waals surface area contributed by atoms with Crippen LogP contribution in [-0.2, 0) is 11.8 Å². The third kappa shape index (κ3) is 2.78. The highest BCUT2D eigenvalue weighted by molar-refractivity contribution is 6.06. The summed E-state index contributed by atoms with van der Waals surface area (Å²) >= 11 is 0. The van der Waals surface area contributed by atoms with E-state index >= 15 is 0 Å². The smallest absolute Gasteiger partial charge is 0.272 e. The molecule has 25 heavy (non-hydrogen) atoms. The second-order valence-electron chi connectivity index (χ2n) is 6.30. The van der Waals surface area contributed by atoms with Gasteiger partial charge in [-0.1, -0.05) is 18.2 Å². The highest BCUT2D eigenvalue weighted by atomic mass is 16.2. The second kappa shape index (κ2) is 6.09. The first-order valence-electron chi connectivity index (χ1n) is 8.40. The molecule has 4 rings (SSSR count). The number of hydrogen-bond acceptors (Lipinski definition) is 2. The molecule has 3 aromatic rings. The summed E-state index contributed by atoms with van der Waals surface area (Å²) in [5.74, 6) is 0.0102. The van der Waals surface area contributed by atoms with Crippen molar-refractivity contribution in [2.45, 2.75) is 12.8 Å². The Balaban J connectivity index is 1.54. The van der Waals surface area contributed by atoms with Crippen LogP contribution in [-0.4, -0.2) is 22.9 Å². The predicted octanol–water partition coefficient (Wildman–Crippen LogP) is 3.56. The lowest BCUT2D eigenvalue weighted by Gasteiger charge is -2.16. The predicted molar refractivity (Wildman–Crippen MR) is 98.9 cm³/mol. The average molecular weight is 333 g/mol. The van der Waals surface area contributed by atoms with Gasteiger partial charge < -0.3 is 14.8 Å². The van der Waals surface area contributed by atoms with Crippen LogP contribution >= 0.6 is 0 Å². The largest absolute Gasteiger partial charge is 0.340 e. The van der Waals surface area contributed by atoms with Crippen molar-refractivity contribution in [1.82, 2.24) is 4.57 Å². The number of fused-ring (bicyclic) bond motifs is 1. The highest BCUT2D eigenvalue weighted by Crippen LogP contribution is 2.24. The van der Waals surface area contributed by atoms with Gasteiger partial charge >= 0.3 is 0 Å². The lowest BCUT2D eigenvalue weighted by molar-refractivity contribution is -0.117. The Kier molecular flexibility index (Phi) is 3.76. The Labute approximate surface area is 145 Å². The van der Waals surface area contributed by atoms with Gasteiger partial charge in [-0.15, -0.1) is 0 Å². The minimum atomic E-state index is -0.149. The second-order valence-corrected chi connectivity index (χ2v) is 6.30. The van der Waals surface area contributed by atoms with Crippen molar-refractivity contribution < 1.29 is 9.59 Å². The Morgan fingerprint density at radius 2 is 1.84 bits per heavy atom. The number of para-hydroxylation sites is 1. The molecule has 5 heteroatoms. The molecule has 0 unspecified atom stereocenters. The number of nitrogens with one attached hydrogen (secondary N) is 1. The molecule has 0 bridgehead atoms. The minimum absolute atomic E-state index is 0.149. The van der Waals surface area contributed by atoms with Gasteiger partial charge in [0, 0.05) is 42.3 Å². The van der Waals surface area contributed by atoms with Crippen molar-refractivity contribution in [3.63, 3.8) is 0 Å². The Morgan fingerprint density at radius 3 is 2.52 bits per heavy atom. The first-order valence-corrected chi connectivity index (χ1v) is 8.40. The van der Waals surface area contributed by atoms with Crippen LogP contribution in [0.3, 0.4) is 0 Å². The van der Waals surface area contributed by atoms with E-state index in [1.54, 1.807) is 4.90 Å². The van der Waals surface area contributed by atoms with Crippen molar-refractivity contribution in [2.75, 3.05) is 16.8 Å². The molecule has 2 aromatic carbocycles. The van der Waals surface area contributed by atoms with E-state index < -0.39 is 0 Å². The van der Waals surface area contributed by atoms with Crippen LogP contribution < -0.4 is 10.2 Å². The van der Waals surface area contributed by atoms with Gasteiger partial charge in [-0.25, -0.2) is 0 Å². The molecule has 1 fully saturated rings. The number of benzene rings is 2. The van der Waals surface area contributed by atoms with Gasteiger partial charge in [0.15, 0.2) is 0 Å². The molecular formula is C20H19N3O2. The number of aromatic nitrogens is 1. The van der Waals surface area contributed by atoms with Crippen molar-refractivity contribution in [1.29, 1.82) is 0 Å². The van der Waals surface area contributed by atoms with E-state index in [-0.39, 0.29) is 11.8 Å². The maximum atomic E-state index is 12.6. The van der Waals surface area contributed by atoms with Crippen molar-refractivity contribution in [2.24, 2.45) is 7.05 Å². The number of hydrogen-bond donors (Lipinski definition) is 1. The molecule has 1 aliphatic rings. The molecular weight excluding hydrogens is 314 g/mol. The molecule has 0 spiro atoms. The lowest BCUT2D eigenvalue weighted by Crippen LogP contribution is -2.23. The average Bonchev–Trinajstić information content (AvgIpc) is 3.20. The minimum Gasteiger partial charge on any atom is -0.340 e. The molecule has 0 saturated carbocycles. The number of amides is 2. The molecule has 1 N–H and O–H groups in total. The molecule has 2 heterocycles. The fourth-order valence-electron chi connectivity index (χ4n) is 3.35. The molecule has 0 aliphatic carbocycles. The first kappa shape index (κ1) is 15.4. The Hall–Kier alpha value is -3.08. The summed E-state index contributed by atoms with van der Waals surface area (Å²) in [6.07, 6.45) is 1.51. The van der Waals surface area contributed by atoms with Gasteiger partial charge in [-0.3, -0.25) is 9.59 Å². The van der Waals surface area contributed by atoms with Gasteiger partial charge in [0.25, 0.3) is 5.91 Å². The van der Waals surface area contributed by atoms with E-state index in [1.165, 1.54) is 0 Å². The number of carbonyl (C=O) groups excluding carboxylic acids is 2. The number of anilines is 2. The number of rotatable bonds is 3. The zero-order chi connectivity index (χ0) is 17.4. The fraction of sp³-hybridized carbons (Fsp3) is 0.200. The topological polar surface area (TPSA) is 54.3 Å². The van der Waals surface area contributed by atoms with E-state index in [4.69, 9.17) is 0 Å². The van der Waals surface area contributed by atoms with Gasteiger partial charge in [0.1, 0.15) is 5.69 Å². The van der Waals surface area contributed by atoms with Crippen LogP contribution in [0.15, 0.2) is 54.6 Å². The maximum Gasteiger partial charge on any atom is 0.272 e. The van der Waals surface area contributed by atoms with Crippen LogP contribution in [0.1, 0.15) is 23.3 Å². The fourth-order valence-corrected chi connectivity index (χ4v) is 3.35. The summed E-state index contributed by atoms with van der Waals surface area (Å²) in [4.78, 5) is 26.2. The molecule has 1 aromatic heterocycles. The molecule has 0 atom stereocenters. The number of carbonyl (C=O) groups is 2. The highest BCUT2D eigenvalue weighted by Gasteiger charge is 2.21. The monoisotopic (exact) mass is 333 g/mol. The Bertz CT molecular complexity index is 957. The first-order chi connectivity index (χ1) is 12.1. The van der Waals surface area contributed by atoms with E-state index in [9.17, 15) is 9.59 Å². The van der Waals surface area contributed by atoms with Crippen LogP contribution in [0.2, 0.25) is 0 Å². The standard InChI is InChI=1S/C20H19N3O2/c1-22-17-6-3-2-5-14(17)13-18(22)20(25)21-15-8-10-16(11-9-15)23-12-4-7-19(23)24/h2-3,5-6,8-11,13H,4,7,12H2,1H3,(H,21,25). The SMILES string of the molecule is Cn1c(C(=O)Nc2ccc(N3CCCC3=O)cc2)cc2ccccc21. The number of aryl methyl sites for hydroxylation is 1. The van der Waals surface area contributed by atoms with Gasteiger partial charge in [0.05, 0.1) is 0 Å². The maximum absolute atomic E-state index is 12.6. The summed E-state index contributed by atoms with van der Waals surface area (Å²) in [7, 11) is 1.89. The normalized spacial score (nSPS) is 14.3. The molecule has 5 nitrogen and oxygen atoms in total. The van der Waals surface area contributed by atoms with Crippen molar-refractivity contribution in [3.8, 4) is 0 Å². The van der Waals surface area contributed by atoms with E-state index in [0.717, 1.165) is 29.6 Å². The molecule has 1 saturated heterocycles. The summed E-state index contributed by atoms with van der Waals surface area (Å²) in [5, 5.41) is 3.97. The zero-order valence-electron chi connectivity index (χ0n) is 14.0. The third-order valence-electron chi connectivity index (χ3n) is 4.69. The summed E-state index contributed by atoms with van der Waals surface area (Å²) in [6, 6.07) is 17.2. The van der Waals surface area contributed by atoms with Gasteiger partial charge in [-0.05, 0) is 42.8 Å². The van der Waals surface area contributed by atoms with E-state index in [2.05, 4.69) is 5.32 Å². The third-order valence-corrected chi connectivity index (χ3v) is 4.69. The van der Waals surface area contributed by atoms with Gasteiger partial charge in [-0.2, -0.15) is 0 Å². The van der Waals surface area contributed by atoms with Crippen LogP contribution in [0.4, 0.5) is 11.4 Å². The molecule has 1 aliphatic heterocycles. The van der Waals surface area contributed by atoms with E-state index in [0.29, 0.717) is 17.8 Å². The van der Waals surface area contributed by atoms with Crippen molar-refractivity contribution in [3.05, 3.63) is 60.3 Å².